The quantitative estimate of drug-likeness (QED) is 0.645. The molecule has 2 rings (SSSR count). The second kappa shape index (κ2) is 10.2. The molecule has 1 atom stereocenters. The molecule has 7 nitrogen and oxygen atoms in total. The minimum Gasteiger partial charge on any atom is -0.493 e. The highest BCUT2D eigenvalue weighted by molar-refractivity contribution is 5.96. The maximum absolute atomic E-state index is 12.5. The summed E-state index contributed by atoms with van der Waals surface area (Å²) in [4.78, 5) is 24.0. The number of quaternary nitrogens is 1. The zero-order valence-corrected chi connectivity index (χ0v) is 15.8. The van der Waals surface area contributed by atoms with Crippen molar-refractivity contribution >= 4 is 11.9 Å². The van der Waals surface area contributed by atoms with E-state index in [0.717, 1.165) is 17.5 Å². The molecular formula is C20H26N3O4+. The maximum Gasteiger partial charge on any atom is 0.321 e. The number of nitrogens with one attached hydrogen (secondary N) is 2. The van der Waals surface area contributed by atoms with Crippen LogP contribution in [0.15, 0.2) is 48.5 Å². The molecule has 0 aliphatic carbocycles. The molecule has 0 heterocycles. The number of carbonyl (C=O) groups is 2. The van der Waals surface area contributed by atoms with Crippen LogP contribution in [0.25, 0.3) is 0 Å². The summed E-state index contributed by atoms with van der Waals surface area (Å²) in [6, 6.07) is 14.1. The number of rotatable bonds is 8. The van der Waals surface area contributed by atoms with Gasteiger partial charge < -0.3 is 20.1 Å². The lowest BCUT2D eigenvalue weighted by Gasteiger charge is -2.16. The van der Waals surface area contributed by atoms with Gasteiger partial charge in [-0.25, -0.2) is 4.79 Å². The molecule has 0 fully saturated rings. The van der Waals surface area contributed by atoms with Gasteiger partial charge in [0, 0.05) is 19.0 Å². The van der Waals surface area contributed by atoms with E-state index in [4.69, 9.17) is 9.47 Å². The Morgan fingerprint density at radius 3 is 2.37 bits per heavy atom. The van der Waals surface area contributed by atoms with Gasteiger partial charge in [-0.3, -0.25) is 10.1 Å². The Labute approximate surface area is 159 Å². The number of ether oxygens (including phenoxy) is 2. The van der Waals surface area contributed by atoms with Crippen molar-refractivity contribution in [3.63, 3.8) is 0 Å². The molecule has 2 aromatic rings. The Hall–Kier alpha value is -3.06. The van der Waals surface area contributed by atoms with Crippen molar-refractivity contribution in [2.24, 2.45) is 0 Å². The summed E-state index contributed by atoms with van der Waals surface area (Å²) >= 11 is 0. The van der Waals surface area contributed by atoms with E-state index in [1.165, 1.54) is 7.05 Å². The van der Waals surface area contributed by atoms with Crippen molar-refractivity contribution in [3.05, 3.63) is 59.7 Å². The first kappa shape index (κ1) is 20.3. The standard InChI is InChI=1S/C20H25N3O4/c1-21-20(25)23-19(24)18(15-7-5-4-6-8-15)22-12-11-14-9-10-16(26-2)17(13-14)27-3/h4-10,13,18,22H,11-12H2,1-3H3,(H2,21,23,24,25)/p+1/t18-/m1/s1. The van der Waals surface area contributed by atoms with Crippen LogP contribution in [0.5, 0.6) is 11.5 Å². The van der Waals surface area contributed by atoms with Crippen molar-refractivity contribution in [3.8, 4) is 11.5 Å². The second-order valence-corrected chi connectivity index (χ2v) is 5.92. The van der Waals surface area contributed by atoms with Gasteiger partial charge in [-0.15, -0.1) is 0 Å². The zero-order valence-electron chi connectivity index (χ0n) is 15.8. The second-order valence-electron chi connectivity index (χ2n) is 5.92. The highest BCUT2D eigenvalue weighted by Gasteiger charge is 2.25. The maximum atomic E-state index is 12.5. The van der Waals surface area contributed by atoms with E-state index < -0.39 is 12.1 Å². The molecule has 0 aliphatic heterocycles. The highest BCUT2D eigenvalue weighted by atomic mass is 16.5. The summed E-state index contributed by atoms with van der Waals surface area (Å²) in [5.41, 5.74) is 1.91. The molecule has 0 aromatic heterocycles. The molecule has 27 heavy (non-hydrogen) atoms. The average molecular weight is 372 g/mol. The van der Waals surface area contributed by atoms with Crippen molar-refractivity contribution < 1.29 is 24.4 Å². The van der Waals surface area contributed by atoms with Crippen molar-refractivity contribution in [1.82, 2.24) is 10.6 Å². The third-order valence-electron chi connectivity index (χ3n) is 4.19. The molecule has 0 radical (unpaired) electrons. The lowest BCUT2D eigenvalue weighted by atomic mass is 10.1. The average Bonchev–Trinajstić information content (AvgIpc) is 2.71. The van der Waals surface area contributed by atoms with E-state index in [1.807, 2.05) is 53.8 Å². The van der Waals surface area contributed by atoms with Gasteiger partial charge in [-0.1, -0.05) is 36.4 Å². The molecule has 0 bridgehead atoms. The lowest BCUT2D eigenvalue weighted by molar-refractivity contribution is -0.682. The first-order valence-corrected chi connectivity index (χ1v) is 8.70. The number of urea groups is 1. The van der Waals surface area contributed by atoms with Gasteiger partial charge in [0.25, 0.3) is 5.91 Å². The van der Waals surface area contributed by atoms with Crippen LogP contribution >= 0.6 is 0 Å². The smallest absolute Gasteiger partial charge is 0.321 e. The number of imide groups is 1. The molecule has 0 unspecified atom stereocenters. The van der Waals surface area contributed by atoms with Crippen LogP contribution in [0, 0.1) is 0 Å². The van der Waals surface area contributed by atoms with Gasteiger partial charge >= 0.3 is 6.03 Å². The Morgan fingerprint density at radius 2 is 1.74 bits per heavy atom. The van der Waals surface area contributed by atoms with Crippen LogP contribution < -0.4 is 25.4 Å². The topological polar surface area (TPSA) is 93.3 Å². The van der Waals surface area contributed by atoms with Gasteiger partial charge in [0.2, 0.25) is 0 Å². The van der Waals surface area contributed by atoms with Crippen LogP contribution in [0.4, 0.5) is 4.79 Å². The number of carbonyl (C=O) groups excluding carboxylic acids is 2. The third-order valence-corrected chi connectivity index (χ3v) is 4.19. The Balaban J connectivity index is 2.05. The van der Waals surface area contributed by atoms with Crippen LogP contribution in [-0.4, -0.2) is 39.8 Å². The first-order chi connectivity index (χ1) is 13.1. The van der Waals surface area contributed by atoms with E-state index in [2.05, 4.69) is 10.6 Å². The highest BCUT2D eigenvalue weighted by Crippen LogP contribution is 2.27. The molecular weight excluding hydrogens is 346 g/mol. The fraction of sp³-hybridized carbons (Fsp3) is 0.300. The summed E-state index contributed by atoms with van der Waals surface area (Å²) in [5.74, 6) is 0.997. The summed E-state index contributed by atoms with van der Waals surface area (Å²) in [6.45, 7) is 0.663. The first-order valence-electron chi connectivity index (χ1n) is 8.70. The van der Waals surface area contributed by atoms with Crippen LogP contribution in [0.1, 0.15) is 17.2 Å². The number of amides is 3. The predicted molar refractivity (Wildman–Crippen MR) is 102 cm³/mol. The Bertz CT molecular complexity index is 765. The van der Waals surface area contributed by atoms with Gasteiger partial charge in [0.15, 0.2) is 17.5 Å². The van der Waals surface area contributed by atoms with Gasteiger partial charge in [0.05, 0.1) is 20.8 Å². The minimum absolute atomic E-state index is 0.354. The monoisotopic (exact) mass is 372 g/mol. The molecule has 0 saturated heterocycles. The number of hydrogen-bond donors (Lipinski definition) is 3. The largest absolute Gasteiger partial charge is 0.493 e. The summed E-state index contributed by atoms with van der Waals surface area (Å²) < 4.78 is 10.6. The summed E-state index contributed by atoms with van der Waals surface area (Å²) in [6.07, 6.45) is 0.733. The molecule has 4 N–H and O–H groups in total. The SMILES string of the molecule is CNC(=O)NC(=O)[C@H]([NH2+]CCc1ccc(OC)c(OC)c1)c1ccccc1. The van der Waals surface area contributed by atoms with Crippen molar-refractivity contribution in [2.45, 2.75) is 12.5 Å². The lowest BCUT2D eigenvalue weighted by Crippen LogP contribution is -2.88. The third kappa shape index (κ3) is 5.72. The Kier molecular flexibility index (Phi) is 7.63. The van der Waals surface area contributed by atoms with E-state index in [0.29, 0.717) is 18.0 Å². The normalized spacial score (nSPS) is 11.4. The zero-order chi connectivity index (χ0) is 19.6. The predicted octanol–water partition coefficient (Wildman–Crippen LogP) is 1.01. The molecule has 0 spiro atoms. The number of hydrogen-bond acceptors (Lipinski definition) is 4. The van der Waals surface area contributed by atoms with E-state index in [-0.39, 0.29) is 5.91 Å². The van der Waals surface area contributed by atoms with Crippen molar-refractivity contribution in [1.29, 1.82) is 0 Å². The molecule has 7 heteroatoms. The minimum atomic E-state index is -0.519. The van der Waals surface area contributed by atoms with E-state index in [9.17, 15) is 9.59 Å². The number of nitrogens with two attached hydrogens (primary N) is 1. The van der Waals surface area contributed by atoms with Crippen LogP contribution in [0.2, 0.25) is 0 Å². The summed E-state index contributed by atoms with van der Waals surface area (Å²) in [7, 11) is 4.67. The van der Waals surface area contributed by atoms with Gasteiger partial charge in [-0.2, -0.15) is 0 Å². The number of benzene rings is 2. The molecule has 0 saturated carbocycles. The fourth-order valence-corrected chi connectivity index (χ4v) is 2.76. The van der Waals surface area contributed by atoms with Gasteiger partial charge in [-0.05, 0) is 17.7 Å². The molecule has 0 aliphatic rings. The molecule has 144 valence electrons. The molecule has 2 aromatic carbocycles. The summed E-state index contributed by atoms with van der Waals surface area (Å²) in [5, 5.41) is 6.67. The van der Waals surface area contributed by atoms with Crippen LogP contribution in [0.3, 0.4) is 0 Å². The fourth-order valence-electron chi connectivity index (χ4n) is 2.76. The van der Waals surface area contributed by atoms with Crippen LogP contribution in [-0.2, 0) is 11.2 Å². The molecule has 3 amide bonds. The van der Waals surface area contributed by atoms with E-state index >= 15 is 0 Å². The van der Waals surface area contributed by atoms with E-state index in [1.54, 1.807) is 14.2 Å². The van der Waals surface area contributed by atoms with Crippen molar-refractivity contribution in [2.75, 3.05) is 27.8 Å². The van der Waals surface area contributed by atoms with Gasteiger partial charge in [0.1, 0.15) is 0 Å². The Morgan fingerprint density at radius 1 is 1.04 bits per heavy atom. The number of methoxy groups -OCH3 is 2.